The number of hydrogen-bond acceptors (Lipinski definition) is 6. The fourth-order valence-electron chi connectivity index (χ4n) is 2.91. The van der Waals surface area contributed by atoms with Crippen LogP contribution < -0.4 is 16.4 Å². The Bertz CT molecular complexity index is 991. The van der Waals surface area contributed by atoms with E-state index >= 15 is 0 Å². The van der Waals surface area contributed by atoms with Gasteiger partial charge in [0.05, 0.1) is 0 Å². The van der Waals surface area contributed by atoms with E-state index in [0.717, 1.165) is 18.4 Å². The summed E-state index contributed by atoms with van der Waals surface area (Å²) in [6.07, 6.45) is 2.68. The first-order chi connectivity index (χ1) is 16.0. The minimum atomic E-state index is -0.930. The maximum Gasteiger partial charge on any atom is 0.251 e. The Labute approximate surface area is 193 Å². The van der Waals surface area contributed by atoms with Gasteiger partial charge in [0.25, 0.3) is 5.91 Å². The third kappa shape index (κ3) is 8.86. The first-order valence-electron chi connectivity index (χ1n) is 10.7. The summed E-state index contributed by atoms with van der Waals surface area (Å²) in [7, 11) is 0. The van der Waals surface area contributed by atoms with Gasteiger partial charge in [-0.3, -0.25) is 14.4 Å². The first kappa shape index (κ1) is 25.7. The number of benzene rings is 2. The van der Waals surface area contributed by atoms with Crippen molar-refractivity contribution in [2.75, 3.05) is 25.1 Å². The van der Waals surface area contributed by atoms with Crippen LogP contribution in [-0.2, 0) is 9.59 Å². The molecule has 0 saturated carbocycles. The van der Waals surface area contributed by atoms with E-state index in [1.54, 1.807) is 48.5 Å². The number of aliphatic hydroxyl groups is 2. The van der Waals surface area contributed by atoms with Crippen molar-refractivity contribution in [2.24, 2.45) is 5.73 Å². The summed E-state index contributed by atoms with van der Waals surface area (Å²) in [5, 5.41) is 23.0. The van der Waals surface area contributed by atoms with E-state index < -0.39 is 24.3 Å². The maximum absolute atomic E-state index is 12.2. The summed E-state index contributed by atoms with van der Waals surface area (Å²) in [5.41, 5.74) is 7.98. The molecule has 0 spiro atoms. The molecule has 0 aliphatic heterocycles. The van der Waals surface area contributed by atoms with Gasteiger partial charge in [-0.15, -0.1) is 0 Å². The first-order valence-corrected chi connectivity index (χ1v) is 10.7. The van der Waals surface area contributed by atoms with Crippen LogP contribution in [0.5, 0.6) is 0 Å². The van der Waals surface area contributed by atoms with E-state index in [9.17, 15) is 14.4 Å². The average Bonchev–Trinajstić information content (AvgIpc) is 2.84. The molecule has 2 rings (SSSR count). The number of unbranched alkanes of at least 4 members (excludes halogenated alkanes) is 2. The minimum Gasteiger partial charge on any atom is -0.396 e. The average molecular weight is 452 g/mol. The van der Waals surface area contributed by atoms with E-state index in [-0.39, 0.29) is 19.1 Å². The monoisotopic (exact) mass is 451 g/mol. The highest BCUT2D eigenvalue weighted by Crippen LogP contribution is 2.11. The number of ketones is 1. The fourth-order valence-corrected chi connectivity index (χ4v) is 2.91. The molecule has 1 atom stereocenters. The van der Waals surface area contributed by atoms with Crippen LogP contribution >= 0.6 is 0 Å². The fraction of sp³-hybridized carbons (Fsp3) is 0.320. The molecule has 0 radical (unpaired) electrons. The highest BCUT2D eigenvalue weighted by molar-refractivity contribution is 5.98. The van der Waals surface area contributed by atoms with E-state index in [4.69, 9.17) is 15.9 Å². The predicted octanol–water partition coefficient (Wildman–Crippen LogP) is 1.20. The highest BCUT2D eigenvalue weighted by Gasteiger charge is 2.18. The molecule has 0 aliphatic carbocycles. The lowest BCUT2D eigenvalue weighted by Crippen LogP contribution is -2.46. The summed E-state index contributed by atoms with van der Waals surface area (Å²) in [6, 6.07) is 12.8. The van der Waals surface area contributed by atoms with Gasteiger partial charge in [0, 0.05) is 42.0 Å². The Morgan fingerprint density at radius 3 is 2.03 bits per heavy atom. The second-order valence-corrected chi connectivity index (χ2v) is 7.37. The van der Waals surface area contributed by atoms with E-state index in [1.807, 2.05) is 0 Å². The number of amides is 2. The van der Waals surface area contributed by atoms with Gasteiger partial charge in [-0.1, -0.05) is 18.3 Å². The van der Waals surface area contributed by atoms with Crippen molar-refractivity contribution in [3.05, 3.63) is 65.2 Å². The molecule has 0 heterocycles. The molecule has 2 aromatic carbocycles. The normalized spacial score (nSPS) is 11.1. The second-order valence-electron chi connectivity index (χ2n) is 7.37. The SMILES string of the molecule is NC[C@H](NC(=O)c1ccc(C#Cc2ccc(NC(=O)CCCCCO)cc2)cc1)C(=O)CO. The molecule has 2 amide bonds. The smallest absolute Gasteiger partial charge is 0.251 e. The molecule has 174 valence electrons. The zero-order valence-corrected chi connectivity index (χ0v) is 18.3. The molecule has 6 N–H and O–H groups in total. The number of carbonyl (C=O) groups excluding carboxylic acids is 3. The quantitative estimate of drug-likeness (QED) is 0.257. The number of nitrogens with two attached hydrogens (primary N) is 1. The number of rotatable bonds is 11. The third-order valence-corrected chi connectivity index (χ3v) is 4.81. The molecule has 33 heavy (non-hydrogen) atoms. The van der Waals surface area contributed by atoms with Crippen molar-refractivity contribution in [1.29, 1.82) is 0 Å². The van der Waals surface area contributed by atoms with Gasteiger partial charge in [0.15, 0.2) is 5.78 Å². The molecule has 0 fully saturated rings. The van der Waals surface area contributed by atoms with E-state index in [2.05, 4.69) is 22.5 Å². The van der Waals surface area contributed by atoms with Crippen molar-refractivity contribution in [1.82, 2.24) is 5.32 Å². The standard InChI is InChI=1S/C25H29N3O5/c26-16-22(23(31)17-30)28-25(33)20-11-7-18(8-12-20)5-6-19-9-13-21(14-10-19)27-24(32)4-2-1-3-15-29/h7-14,22,29-30H,1-4,15-17,26H2,(H,27,32)(H,28,33)/t22-/m0/s1. The Morgan fingerprint density at radius 1 is 0.879 bits per heavy atom. The van der Waals surface area contributed by atoms with Crippen LogP contribution in [0.1, 0.15) is 47.2 Å². The minimum absolute atomic E-state index is 0.0607. The largest absolute Gasteiger partial charge is 0.396 e. The van der Waals surface area contributed by atoms with Crippen LogP contribution in [0.25, 0.3) is 0 Å². The number of nitrogens with one attached hydrogen (secondary N) is 2. The van der Waals surface area contributed by atoms with Crippen molar-refractivity contribution < 1.29 is 24.6 Å². The molecular weight excluding hydrogens is 422 g/mol. The van der Waals surface area contributed by atoms with Crippen molar-refractivity contribution in [2.45, 2.75) is 31.7 Å². The highest BCUT2D eigenvalue weighted by atomic mass is 16.3. The molecule has 8 heteroatoms. The Balaban J connectivity index is 1.91. The summed E-state index contributed by atoms with van der Waals surface area (Å²) < 4.78 is 0. The lowest BCUT2D eigenvalue weighted by molar-refractivity contribution is -0.123. The molecule has 0 bridgehead atoms. The van der Waals surface area contributed by atoms with Crippen LogP contribution in [0.15, 0.2) is 48.5 Å². The number of anilines is 1. The van der Waals surface area contributed by atoms with Crippen molar-refractivity contribution >= 4 is 23.3 Å². The predicted molar refractivity (Wildman–Crippen MR) is 125 cm³/mol. The molecule has 0 unspecified atom stereocenters. The Morgan fingerprint density at radius 2 is 1.48 bits per heavy atom. The second kappa shape index (κ2) is 13.8. The number of hydrogen-bond donors (Lipinski definition) is 5. The lowest BCUT2D eigenvalue weighted by Gasteiger charge is -2.14. The Kier molecular flexibility index (Phi) is 10.8. The summed E-state index contributed by atoms with van der Waals surface area (Å²) in [5.74, 6) is 4.97. The maximum atomic E-state index is 12.2. The van der Waals surface area contributed by atoms with Gasteiger partial charge < -0.3 is 26.6 Å². The molecule has 8 nitrogen and oxygen atoms in total. The lowest BCUT2D eigenvalue weighted by atomic mass is 10.1. The van der Waals surface area contributed by atoms with Crippen LogP contribution in [0, 0.1) is 11.8 Å². The van der Waals surface area contributed by atoms with Crippen LogP contribution in [0.2, 0.25) is 0 Å². The number of carbonyl (C=O) groups is 3. The van der Waals surface area contributed by atoms with E-state index in [0.29, 0.717) is 29.7 Å². The number of aliphatic hydroxyl groups excluding tert-OH is 2. The van der Waals surface area contributed by atoms with Crippen molar-refractivity contribution in [3.63, 3.8) is 0 Å². The van der Waals surface area contributed by atoms with Gasteiger partial charge in [-0.05, 0) is 61.4 Å². The Hall–Kier alpha value is -3.51. The summed E-state index contributed by atoms with van der Waals surface area (Å²) in [6.45, 7) is -0.635. The molecule has 0 aliphatic rings. The zero-order chi connectivity index (χ0) is 24.1. The molecular formula is C25H29N3O5. The molecule has 0 saturated heterocycles. The van der Waals surface area contributed by atoms with Gasteiger partial charge in [0.2, 0.25) is 5.91 Å². The van der Waals surface area contributed by atoms with Crippen LogP contribution in [0.4, 0.5) is 5.69 Å². The zero-order valence-electron chi connectivity index (χ0n) is 18.3. The van der Waals surface area contributed by atoms with Crippen molar-refractivity contribution in [3.8, 4) is 11.8 Å². The van der Waals surface area contributed by atoms with Gasteiger partial charge in [0.1, 0.15) is 12.6 Å². The van der Waals surface area contributed by atoms with Gasteiger partial charge in [-0.2, -0.15) is 0 Å². The molecule has 2 aromatic rings. The summed E-state index contributed by atoms with van der Waals surface area (Å²) >= 11 is 0. The number of Topliss-reactive ketones (excluding diaryl/α,β-unsaturated/α-hetero) is 1. The van der Waals surface area contributed by atoms with Crippen LogP contribution in [0.3, 0.4) is 0 Å². The topological polar surface area (TPSA) is 142 Å². The van der Waals surface area contributed by atoms with Crippen LogP contribution in [-0.4, -0.2) is 53.6 Å². The van der Waals surface area contributed by atoms with Gasteiger partial charge in [-0.25, -0.2) is 0 Å². The van der Waals surface area contributed by atoms with E-state index in [1.165, 1.54) is 0 Å². The third-order valence-electron chi connectivity index (χ3n) is 4.81. The molecule has 0 aromatic heterocycles. The van der Waals surface area contributed by atoms with Gasteiger partial charge >= 0.3 is 0 Å². The summed E-state index contributed by atoms with van der Waals surface area (Å²) in [4.78, 5) is 35.7.